The molecule has 1 aromatic carbocycles. The molecule has 0 aromatic heterocycles. The Labute approximate surface area is 112 Å². The minimum atomic E-state index is -3.75. The zero-order valence-corrected chi connectivity index (χ0v) is 11.7. The maximum atomic E-state index is 11.9. The predicted octanol–water partition coefficient (Wildman–Crippen LogP) is 0.154. The van der Waals surface area contributed by atoms with Gasteiger partial charge in [0.05, 0.1) is 17.5 Å². The van der Waals surface area contributed by atoms with E-state index in [9.17, 15) is 18.3 Å². The lowest BCUT2D eigenvalue weighted by molar-refractivity contribution is -0.119. The van der Waals surface area contributed by atoms with E-state index >= 15 is 0 Å². The third-order valence-corrected chi connectivity index (χ3v) is 4.04. The summed E-state index contributed by atoms with van der Waals surface area (Å²) >= 11 is 0. The van der Waals surface area contributed by atoms with E-state index in [0.29, 0.717) is 12.0 Å². The molecule has 0 spiro atoms. The van der Waals surface area contributed by atoms with Crippen molar-refractivity contribution in [3.05, 3.63) is 29.8 Å². The lowest BCUT2D eigenvalue weighted by Gasteiger charge is -2.11. The van der Waals surface area contributed by atoms with Crippen LogP contribution in [0.3, 0.4) is 0 Å². The molecule has 0 aliphatic rings. The van der Waals surface area contributed by atoms with E-state index in [-0.39, 0.29) is 11.4 Å². The standard InChI is InChI=1S/C12H18N2O4S/c1-3-11(15)9-5-4-6-10(7-9)19(17,18)14-8-12(16)13-2/h4-7,11,14-15H,3,8H2,1-2H3,(H,13,16). The van der Waals surface area contributed by atoms with E-state index in [4.69, 9.17) is 0 Å². The summed E-state index contributed by atoms with van der Waals surface area (Å²) in [4.78, 5) is 11.1. The summed E-state index contributed by atoms with van der Waals surface area (Å²) in [6, 6.07) is 6.03. The summed E-state index contributed by atoms with van der Waals surface area (Å²) < 4.78 is 26.1. The monoisotopic (exact) mass is 286 g/mol. The van der Waals surface area contributed by atoms with E-state index in [1.807, 2.05) is 0 Å². The normalized spacial score (nSPS) is 13.0. The number of nitrogens with one attached hydrogen (secondary N) is 2. The number of sulfonamides is 1. The Bertz CT molecular complexity index is 542. The van der Waals surface area contributed by atoms with Crippen LogP contribution in [0.25, 0.3) is 0 Å². The van der Waals surface area contributed by atoms with Gasteiger partial charge in [0.25, 0.3) is 0 Å². The molecule has 0 heterocycles. The van der Waals surface area contributed by atoms with Crippen LogP contribution in [0.2, 0.25) is 0 Å². The fraction of sp³-hybridized carbons (Fsp3) is 0.417. The average molecular weight is 286 g/mol. The summed E-state index contributed by atoms with van der Waals surface area (Å²) in [6.45, 7) is 1.48. The summed E-state index contributed by atoms with van der Waals surface area (Å²) in [5.74, 6) is -0.423. The predicted molar refractivity (Wildman–Crippen MR) is 70.9 cm³/mol. The van der Waals surface area contributed by atoms with Crippen LogP contribution in [0.5, 0.6) is 0 Å². The van der Waals surface area contributed by atoms with Gasteiger partial charge in [-0.3, -0.25) is 4.79 Å². The van der Waals surface area contributed by atoms with Gasteiger partial charge in [-0.1, -0.05) is 19.1 Å². The van der Waals surface area contributed by atoms with Gasteiger partial charge in [0, 0.05) is 7.05 Å². The second kappa shape index (κ2) is 6.65. The molecule has 19 heavy (non-hydrogen) atoms. The molecule has 0 radical (unpaired) electrons. The second-order valence-electron chi connectivity index (χ2n) is 3.99. The first-order valence-corrected chi connectivity index (χ1v) is 7.37. The van der Waals surface area contributed by atoms with Crippen molar-refractivity contribution in [1.82, 2.24) is 10.0 Å². The van der Waals surface area contributed by atoms with Crippen LogP contribution in [-0.2, 0) is 14.8 Å². The highest BCUT2D eigenvalue weighted by Crippen LogP contribution is 2.19. The van der Waals surface area contributed by atoms with Gasteiger partial charge in [0.2, 0.25) is 15.9 Å². The van der Waals surface area contributed by atoms with Crippen LogP contribution in [0.15, 0.2) is 29.2 Å². The third kappa shape index (κ3) is 4.30. The molecule has 1 aromatic rings. The molecule has 0 aliphatic carbocycles. The van der Waals surface area contributed by atoms with Crippen molar-refractivity contribution < 1.29 is 18.3 Å². The highest BCUT2D eigenvalue weighted by atomic mass is 32.2. The van der Waals surface area contributed by atoms with Crippen molar-refractivity contribution >= 4 is 15.9 Å². The van der Waals surface area contributed by atoms with Crippen molar-refractivity contribution in [1.29, 1.82) is 0 Å². The quantitative estimate of drug-likeness (QED) is 0.694. The van der Waals surface area contributed by atoms with Crippen LogP contribution in [0, 0.1) is 0 Å². The van der Waals surface area contributed by atoms with Crippen molar-refractivity contribution in [2.45, 2.75) is 24.3 Å². The third-order valence-electron chi connectivity index (χ3n) is 2.64. The van der Waals surface area contributed by atoms with Gasteiger partial charge in [0.1, 0.15) is 0 Å². The molecule has 0 fully saturated rings. The number of aliphatic hydroxyl groups excluding tert-OH is 1. The van der Waals surface area contributed by atoms with Crippen LogP contribution in [0.4, 0.5) is 0 Å². The van der Waals surface area contributed by atoms with Crippen molar-refractivity contribution in [2.24, 2.45) is 0 Å². The van der Waals surface area contributed by atoms with E-state index in [1.54, 1.807) is 19.1 Å². The average Bonchev–Trinajstić information content (AvgIpc) is 2.44. The van der Waals surface area contributed by atoms with Gasteiger partial charge >= 0.3 is 0 Å². The number of rotatable bonds is 6. The summed E-state index contributed by atoms with van der Waals surface area (Å²) in [7, 11) is -2.33. The first-order valence-electron chi connectivity index (χ1n) is 5.89. The Balaban J connectivity index is 2.92. The molecule has 0 saturated heterocycles. The Kier molecular flexibility index (Phi) is 5.46. The van der Waals surface area contributed by atoms with E-state index < -0.39 is 22.0 Å². The minimum Gasteiger partial charge on any atom is -0.388 e. The molecule has 0 bridgehead atoms. The van der Waals surface area contributed by atoms with Crippen LogP contribution < -0.4 is 10.0 Å². The lowest BCUT2D eigenvalue weighted by atomic mass is 10.1. The summed E-state index contributed by atoms with van der Waals surface area (Å²) in [5.41, 5.74) is 0.533. The fourth-order valence-electron chi connectivity index (χ4n) is 1.46. The van der Waals surface area contributed by atoms with Crippen LogP contribution in [0.1, 0.15) is 25.0 Å². The fourth-order valence-corrected chi connectivity index (χ4v) is 2.49. The maximum Gasteiger partial charge on any atom is 0.241 e. The number of hydrogen-bond donors (Lipinski definition) is 3. The van der Waals surface area contributed by atoms with Crippen molar-refractivity contribution in [2.75, 3.05) is 13.6 Å². The van der Waals surface area contributed by atoms with Crippen molar-refractivity contribution in [3.63, 3.8) is 0 Å². The van der Waals surface area contributed by atoms with Gasteiger partial charge in [-0.15, -0.1) is 0 Å². The van der Waals surface area contributed by atoms with E-state index in [0.717, 1.165) is 0 Å². The number of hydrogen-bond acceptors (Lipinski definition) is 4. The van der Waals surface area contributed by atoms with Gasteiger partial charge in [-0.05, 0) is 24.1 Å². The maximum absolute atomic E-state index is 11.9. The van der Waals surface area contributed by atoms with Gasteiger partial charge in [-0.2, -0.15) is 0 Å². The summed E-state index contributed by atoms with van der Waals surface area (Å²) in [6.07, 6.45) is -0.205. The number of carbonyl (C=O) groups excluding carboxylic acids is 1. The van der Waals surface area contributed by atoms with E-state index in [1.165, 1.54) is 19.2 Å². The minimum absolute atomic E-state index is 0.0291. The molecule has 1 amide bonds. The van der Waals surface area contributed by atoms with Gasteiger partial charge < -0.3 is 10.4 Å². The molecule has 106 valence electrons. The molecular weight excluding hydrogens is 268 g/mol. The number of benzene rings is 1. The number of carbonyl (C=O) groups is 1. The summed E-state index contributed by atoms with van der Waals surface area (Å²) in [5, 5.41) is 12.0. The highest BCUT2D eigenvalue weighted by molar-refractivity contribution is 7.89. The smallest absolute Gasteiger partial charge is 0.241 e. The Morgan fingerprint density at radius 3 is 2.68 bits per heavy atom. The Morgan fingerprint density at radius 1 is 1.42 bits per heavy atom. The molecule has 0 saturated carbocycles. The van der Waals surface area contributed by atoms with Gasteiger partial charge in [-0.25, -0.2) is 13.1 Å². The first-order chi connectivity index (χ1) is 8.90. The largest absolute Gasteiger partial charge is 0.388 e. The van der Waals surface area contributed by atoms with Crippen LogP contribution >= 0.6 is 0 Å². The second-order valence-corrected chi connectivity index (χ2v) is 5.76. The molecule has 7 heteroatoms. The van der Waals surface area contributed by atoms with Crippen LogP contribution in [-0.4, -0.2) is 33.0 Å². The number of likely N-dealkylation sites (N-methyl/N-ethyl adjacent to an activating group) is 1. The highest BCUT2D eigenvalue weighted by Gasteiger charge is 2.16. The molecule has 1 unspecified atom stereocenters. The molecule has 1 atom stereocenters. The van der Waals surface area contributed by atoms with Crippen molar-refractivity contribution in [3.8, 4) is 0 Å². The Morgan fingerprint density at radius 2 is 2.11 bits per heavy atom. The molecule has 1 rings (SSSR count). The first kappa shape index (κ1) is 15.6. The molecule has 0 aliphatic heterocycles. The van der Waals surface area contributed by atoms with Gasteiger partial charge in [0.15, 0.2) is 0 Å². The topological polar surface area (TPSA) is 95.5 Å². The number of aliphatic hydroxyl groups is 1. The molecule has 3 N–H and O–H groups in total. The molecule has 6 nitrogen and oxygen atoms in total. The lowest BCUT2D eigenvalue weighted by Crippen LogP contribution is -2.35. The molecular formula is C12H18N2O4S. The zero-order valence-electron chi connectivity index (χ0n) is 10.9. The number of amides is 1. The zero-order chi connectivity index (χ0) is 14.5. The SMILES string of the molecule is CCC(O)c1cccc(S(=O)(=O)NCC(=O)NC)c1. The van der Waals surface area contributed by atoms with E-state index in [2.05, 4.69) is 10.0 Å². The Hall–Kier alpha value is -1.44.